The molecule has 8 heteroatoms. The molecular weight excluding hydrogens is 384 g/mol. The molecule has 3 N–H and O–H groups in total. The van der Waals surface area contributed by atoms with Gasteiger partial charge in [-0.05, 0) is 49.7 Å². The smallest absolute Gasteiger partial charge is 0.321 e. The van der Waals surface area contributed by atoms with Gasteiger partial charge < -0.3 is 10.6 Å². The molecule has 138 valence electrons. The summed E-state index contributed by atoms with van der Waals surface area (Å²) in [6.07, 6.45) is 0. The van der Waals surface area contributed by atoms with E-state index in [1.54, 1.807) is 37.3 Å². The number of nitrogens with zero attached hydrogens (tertiary/aromatic N) is 1. The summed E-state index contributed by atoms with van der Waals surface area (Å²) in [6.45, 7) is 3.66. The van der Waals surface area contributed by atoms with Gasteiger partial charge in [-0.1, -0.05) is 41.1 Å². The number of hydrogen-bond donors (Lipinski definition) is 3. The number of aryl methyl sites for hydroxylation is 2. The number of hydrogen-bond acceptors (Lipinski definition) is 4. The highest BCUT2D eigenvalue weighted by Gasteiger charge is 2.17. The molecule has 0 atom stereocenters. The average Bonchev–Trinajstić information content (AvgIpc) is 2.95. The van der Waals surface area contributed by atoms with Crippen LogP contribution in [0.1, 0.15) is 20.9 Å². The molecule has 0 aliphatic carbocycles. The van der Waals surface area contributed by atoms with E-state index >= 15 is 0 Å². The lowest BCUT2D eigenvalue weighted by molar-refractivity contribution is 0.103. The van der Waals surface area contributed by atoms with Crippen LogP contribution in [0.3, 0.4) is 0 Å². The van der Waals surface area contributed by atoms with Gasteiger partial charge >= 0.3 is 6.03 Å². The Hall–Kier alpha value is -2.90. The SMILES string of the molecule is Cc1cccc(NC(=O)Nc2nc(C)c(C(=O)Nc3cccc(Cl)c3)s2)c1. The fraction of sp³-hybridized carbons (Fsp3) is 0.105. The Morgan fingerprint density at radius 1 is 0.963 bits per heavy atom. The summed E-state index contributed by atoms with van der Waals surface area (Å²) < 4.78 is 0. The molecular formula is C19H17ClN4O2S. The molecule has 0 radical (unpaired) electrons. The van der Waals surface area contributed by atoms with Crippen LogP contribution in [0.15, 0.2) is 48.5 Å². The highest BCUT2D eigenvalue weighted by molar-refractivity contribution is 7.17. The van der Waals surface area contributed by atoms with E-state index in [0.29, 0.717) is 32.1 Å². The third-order valence-electron chi connectivity index (χ3n) is 3.58. The first-order valence-corrected chi connectivity index (χ1v) is 9.29. The highest BCUT2D eigenvalue weighted by Crippen LogP contribution is 2.24. The summed E-state index contributed by atoms with van der Waals surface area (Å²) in [5.41, 5.74) is 2.84. The molecule has 0 spiro atoms. The standard InChI is InChI=1S/C19H17ClN4O2S/c1-11-5-3-7-14(9-11)23-18(26)24-19-21-12(2)16(27-19)17(25)22-15-8-4-6-13(20)10-15/h3-10H,1-2H3,(H,22,25)(H2,21,23,24,26). The number of amides is 3. The predicted octanol–water partition coefficient (Wildman–Crippen LogP) is 5.31. The third kappa shape index (κ3) is 5.06. The van der Waals surface area contributed by atoms with Crippen LogP contribution in [0.2, 0.25) is 5.02 Å². The molecule has 1 heterocycles. The zero-order valence-electron chi connectivity index (χ0n) is 14.7. The Labute approximate surface area is 165 Å². The molecule has 1 aromatic heterocycles. The Bertz CT molecular complexity index is 1000. The molecule has 3 amide bonds. The summed E-state index contributed by atoms with van der Waals surface area (Å²) in [7, 11) is 0. The van der Waals surface area contributed by atoms with Crippen molar-refractivity contribution in [2.75, 3.05) is 16.0 Å². The van der Waals surface area contributed by atoms with Crippen LogP contribution in [0.4, 0.5) is 21.3 Å². The summed E-state index contributed by atoms with van der Waals surface area (Å²) in [5, 5.41) is 9.04. The molecule has 0 unspecified atom stereocenters. The van der Waals surface area contributed by atoms with Crippen LogP contribution in [0.5, 0.6) is 0 Å². The first-order chi connectivity index (χ1) is 12.9. The minimum Gasteiger partial charge on any atom is -0.321 e. The van der Waals surface area contributed by atoms with Gasteiger partial charge in [-0.2, -0.15) is 0 Å². The first kappa shape index (κ1) is 18.9. The second-order valence-corrected chi connectivity index (χ2v) is 7.28. The quantitative estimate of drug-likeness (QED) is 0.555. The van der Waals surface area contributed by atoms with Crippen molar-refractivity contribution in [1.82, 2.24) is 4.98 Å². The van der Waals surface area contributed by atoms with Crippen molar-refractivity contribution in [3.63, 3.8) is 0 Å². The zero-order valence-corrected chi connectivity index (χ0v) is 16.2. The van der Waals surface area contributed by atoms with Crippen LogP contribution in [-0.2, 0) is 0 Å². The molecule has 6 nitrogen and oxygen atoms in total. The second kappa shape index (κ2) is 8.20. The molecule has 27 heavy (non-hydrogen) atoms. The van der Waals surface area contributed by atoms with Gasteiger partial charge in [0.05, 0.1) is 5.69 Å². The van der Waals surface area contributed by atoms with Crippen molar-refractivity contribution in [2.45, 2.75) is 13.8 Å². The normalized spacial score (nSPS) is 10.3. The molecule has 0 aliphatic rings. The number of rotatable bonds is 4. The van der Waals surface area contributed by atoms with Gasteiger partial charge in [-0.25, -0.2) is 9.78 Å². The number of benzene rings is 2. The van der Waals surface area contributed by atoms with E-state index in [9.17, 15) is 9.59 Å². The fourth-order valence-electron chi connectivity index (χ4n) is 2.40. The number of carbonyl (C=O) groups excluding carboxylic acids is 2. The zero-order chi connectivity index (χ0) is 19.4. The van der Waals surface area contributed by atoms with E-state index in [0.717, 1.165) is 16.9 Å². The van der Waals surface area contributed by atoms with Crippen LogP contribution in [0.25, 0.3) is 0 Å². The number of aromatic nitrogens is 1. The van der Waals surface area contributed by atoms with E-state index in [-0.39, 0.29) is 5.91 Å². The van der Waals surface area contributed by atoms with E-state index in [2.05, 4.69) is 20.9 Å². The molecule has 0 aliphatic heterocycles. The highest BCUT2D eigenvalue weighted by atomic mass is 35.5. The molecule has 0 saturated carbocycles. The number of urea groups is 1. The van der Waals surface area contributed by atoms with Crippen molar-refractivity contribution >= 4 is 51.4 Å². The maximum absolute atomic E-state index is 12.5. The molecule has 3 rings (SSSR count). The summed E-state index contributed by atoms with van der Waals surface area (Å²) in [4.78, 5) is 29.3. The van der Waals surface area contributed by atoms with E-state index in [1.807, 2.05) is 25.1 Å². The molecule has 2 aromatic carbocycles. The topological polar surface area (TPSA) is 83.1 Å². The Morgan fingerprint density at radius 3 is 2.37 bits per heavy atom. The number of thiazole rings is 1. The van der Waals surface area contributed by atoms with E-state index in [4.69, 9.17) is 11.6 Å². The summed E-state index contributed by atoms with van der Waals surface area (Å²) >= 11 is 7.03. The minimum atomic E-state index is -0.420. The van der Waals surface area contributed by atoms with E-state index < -0.39 is 6.03 Å². The number of halogens is 1. The number of carbonyl (C=O) groups is 2. The van der Waals surface area contributed by atoms with Crippen molar-refractivity contribution in [1.29, 1.82) is 0 Å². The Morgan fingerprint density at radius 2 is 1.67 bits per heavy atom. The second-order valence-electron chi connectivity index (χ2n) is 5.85. The van der Waals surface area contributed by atoms with Crippen molar-refractivity contribution in [3.8, 4) is 0 Å². The number of nitrogens with one attached hydrogen (secondary N) is 3. The third-order valence-corrected chi connectivity index (χ3v) is 4.89. The lowest BCUT2D eigenvalue weighted by Crippen LogP contribution is -2.19. The average molecular weight is 401 g/mol. The molecule has 3 aromatic rings. The fourth-order valence-corrected chi connectivity index (χ4v) is 3.44. The maximum atomic E-state index is 12.5. The predicted molar refractivity (Wildman–Crippen MR) is 110 cm³/mol. The van der Waals surface area contributed by atoms with Gasteiger partial charge in [0.15, 0.2) is 5.13 Å². The Kier molecular flexibility index (Phi) is 5.73. The molecule has 0 saturated heterocycles. The van der Waals surface area contributed by atoms with Crippen LogP contribution in [-0.4, -0.2) is 16.9 Å². The lowest BCUT2D eigenvalue weighted by atomic mass is 10.2. The first-order valence-electron chi connectivity index (χ1n) is 8.10. The minimum absolute atomic E-state index is 0.306. The number of anilines is 3. The van der Waals surface area contributed by atoms with Gasteiger partial charge in [-0.3, -0.25) is 10.1 Å². The van der Waals surface area contributed by atoms with Crippen LogP contribution >= 0.6 is 22.9 Å². The lowest BCUT2D eigenvalue weighted by Gasteiger charge is -2.06. The summed E-state index contributed by atoms with van der Waals surface area (Å²) in [6, 6.07) is 13.9. The monoisotopic (exact) mass is 400 g/mol. The Balaban J connectivity index is 1.66. The van der Waals surface area contributed by atoms with Crippen LogP contribution in [0, 0.1) is 13.8 Å². The van der Waals surface area contributed by atoms with Crippen molar-refractivity contribution in [3.05, 3.63) is 69.7 Å². The van der Waals surface area contributed by atoms with Gasteiger partial charge in [0, 0.05) is 16.4 Å². The van der Waals surface area contributed by atoms with Gasteiger partial charge in [0.2, 0.25) is 0 Å². The van der Waals surface area contributed by atoms with Crippen LogP contribution < -0.4 is 16.0 Å². The largest absolute Gasteiger partial charge is 0.325 e. The van der Waals surface area contributed by atoms with Gasteiger partial charge in [-0.15, -0.1) is 0 Å². The summed E-state index contributed by atoms with van der Waals surface area (Å²) in [5.74, 6) is -0.306. The van der Waals surface area contributed by atoms with Crippen molar-refractivity contribution < 1.29 is 9.59 Å². The molecule has 0 fully saturated rings. The van der Waals surface area contributed by atoms with Crippen molar-refractivity contribution in [2.24, 2.45) is 0 Å². The molecule has 0 bridgehead atoms. The van der Waals surface area contributed by atoms with Gasteiger partial charge in [0.25, 0.3) is 5.91 Å². The maximum Gasteiger partial charge on any atom is 0.325 e. The van der Waals surface area contributed by atoms with Gasteiger partial charge in [0.1, 0.15) is 4.88 Å². The van der Waals surface area contributed by atoms with E-state index in [1.165, 1.54) is 0 Å².